The normalized spacial score (nSPS) is 48.0. The summed E-state index contributed by atoms with van der Waals surface area (Å²) in [7, 11) is 0. The average Bonchev–Trinajstić information content (AvgIpc) is 2.85. The van der Waals surface area contributed by atoms with Crippen LogP contribution in [0.5, 0.6) is 0 Å². The fourth-order valence-electron chi connectivity index (χ4n) is 2.93. The van der Waals surface area contributed by atoms with E-state index in [0.717, 1.165) is 0 Å². The van der Waals surface area contributed by atoms with Gasteiger partial charge in [0.25, 0.3) is 0 Å². The van der Waals surface area contributed by atoms with E-state index >= 15 is 0 Å². The zero-order valence-electron chi connectivity index (χ0n) is 13.7. The third-order valence-corrected chi connectivity index (χ3v) is 4.39. The summed E-state index contributed by atoms with van der Waals surface area (Å²) >= 11 is 0. The molecule has 0 saturated carbocycles. The SMILES string of the molecule is CCO[C@]1(CO)O[C@H](CO[C@H]2O[C@H](CO)[C@@H](O)[C@H](O)[C@H]2O)[C@@H](O)[C@@H]1O. The first-order chi connectivity index (χ1) is 11.8. The molecule has 148 valence electrons. The van der Waals surface area contributed by atoms with Crippen LogP contribution in [-0.4, -0.2) is 117 Å². The monoisotopic (exact) mass is 370 g/mol. The standard InChI is InChI=1S/C14H26O11/c1-2-23-14(5-16)12(21)9(18)7(25-14)4-22-13-11(20)10(19)8(17)6(3-15)24-13/h6-13,15-21H,2-5H2,1H3/t6-,7-,8-,9-,10+,11-,12+,13+,14-/m1/s1. The van der Waals surface area contributed by atoms with Gasteiger partial charge in [-0.05, 0) is 6.92 Å². The molecule has 9 atom stereocenters. The lowest BCUT2D eigenvalue weighted by Gasteiger charge is -2.39. The Labute approximate surface area is 143 Å². The number of rotatable bonds is 7. The van der Waals surface area contributed by atoms with Crippen LogP contribution in [-0.2, 0) is 18.9 Å². The second kappa shape index (κ2) is 8.50. The van der Waals surface area contributed by atoms with Gasteiger partial charge < -0.3 is 54.7 Å². The lowest BCUT2D eigenvalue weighted by Crippen LogP contribution is -2.59. The molecule has 0 unspecified atom stereocenters. The molecule has 0 bridgehead atoms. The minimum Gasteiger partial charge on any atom is -0.394 e. The molecule has 2 aliphatic rings. The Morgan fingerprint density at radius 3 is 2.16 bits per heavy atom. The van der Waals surface area contributed by atoms with Gasteiger partial charge in [0.2, 0.25) is 5.79 Å². The number of ether oxygens (including phenoxy) is 4. The van der Waals surface area contributed by atoms with Crippen molar-refractivity contribution in [2.24, 2.45) is 0 Å². The van der Waals surface area contributed by atoms with E-state index in [9.17, 15) is 30.6 Å². The maximum Gasteiger partial charge on any atom is 0.221 e. The lowest BCUT2D eigenvalue weighted by molar-refractivity contribution is -0.313. The summed E-state index contributed by atoms with van der Waals surface area (Å²) in [6.45, 7) is 0.0532. The molecule has 11 nitrogen and oxygen atoms in total. The van der Waals surface area contributed by atoms with Crippen molar-refractivity contribution in [1.82, 2.24) is 0 Å². The van der Waals surface area contributed by atoms with Crippen LogP contribution in [0.2, 0.25) is 0 Å². The molecule has 2 rings (SSSR count). The summed E-state index contributed by atoms with van der Waals surface area (Å²) in [5.74, 6) is -1.79. The predicted molar refractivity (Wildman–Crippen MR) is 78.0 cm³/mol. The van der Waals surface area contributed by atoms with Crippen molar-refractivity contribution >= 4 is 0 Å². The van der Waals surface area contributed by atoms with Crippen LogP contribution in [0.1, 0.15) is 6.92 Å². The molecule has 7 N–H and O–H groups in total. The summed E-state index contributed by atoms with van der Waals surface area (Å²) < 4.78 is 21.0. The van der Waals surface area contributed by atoms with Crippen molar-refractivity contribution in [2.75, 3.05) is 26.4 Å². The number of hydrogen-bond acceptors (Lipinski definition) is 11. The Balaban J connectivity index is 1.98. The van der Waals surface area contributed by atoms with Gasteiger partial charge in [0.05, 0.1) is 13.2 Å². The van der Waals surface area contributed by atoms with Gasteiger partial charge in [0.1, 0.15) is 49.3 Å². The van der Waals surface area contributed by atoms with E-state index in [1.54, 1.807) is 6.92 Å². The van der Waals surface area contributed by atoms with Gasteiger partial charge in [0.15, 0.2) is 6.29 Å². The maximum absolute atomic E-state index is 10.1. The van der Waals surface area contributed by atoms with Gasteiger partial charge >= 0.3 is 0 Å². The third kappa shape index (κ3) is 3.96. The highest BCUT2D eigenvalue weighted by Gasteiger charge is 2.55. The van der Waals surface area contributed by atoms with Crippen molar-refractivity contribution in [3.05, 3.63) is 0 Å². The molecule has 25 heavy (non-hydrogen) atoms. The van der Waals surface area contributed by atoms with E-state index in [-0.39, 0.29) is 13.2 Å². The van der Waals surface area contributed by atoms with Crippen LogP contribution >= 0.6 is 0 Å². The average molecular weight is 370 g/mol. The van der Waals surface area contributed by atoms with E-state index in [2.05, 4.69) is 0 Å². The summed E-state index contributed by atoms with van der Waals surface area (Å²) in [6, 6.07) is 0. The minimum absolute atomic E-state index is 0.116. The zero-order valence-corrected chi connectivity index (χ0v) is 13.7. The molecule has 0 aromatic carbocycles. The predicted octanol–water partition coefficient (Wildman–Crippen LogP) is -4.35. The Morgan fingerprint density at radius 1 is 0.920 bits per heavy atom. The van der Waals surface area contributed by atoms with Crippen LogP contribution in [0.4, 0.5) is 0 Å². The topological polar surface area (TPSA) is 179 Å². The molecule has 2 heterocycles. The van der Waals surface area contributed by atoms with Gasteiger partial charge in [-0.1, -0.05) is 0 Å². The molecular weight excluding hydrogens is 344 g/mol. The number of aliphatic hydroxyl groups excluding tert-OH is 7. The quantitative estimate of drug-likeness (QED) is 0.230. The third-order valence-electron chi connectivity index (χ3n) is 4.39. The smallest absolute Gasteiger partial charge is 0.221 e. The molecule has 11 heteroatoms. The van der Waals surface area contributed by atoms with Gasteiger partial charge in [-0.25, -0.2) is 0 Å². The van der Waals surface area contributed by atoms with Gasteiger partial charge in [-0.15, -0.1) is 0 Å². The number of hydrogen-bond donors (Lipinski definition) is 7. The largest absolute Gasteiger partial charge is 0.394 e. The highest BCUT2D eigenvalue weighted by Crippen LogP contribution is 2.33. The highest BCUT2D eigenvalue weighted by atomic mass is 16.8. The fraction of sp³-hybridized carbons (Fsp3) is 1.00. The van der Waals surface area contributed by atoms with Crippen LogP contribution < -0.4 is 0 Å². The van der Waals surface area contributed by atoms with Crippen LogP contribution in [0.3, 0.4) is 0 Å². The van der Waals surface area contributed by atoms with Crippen molar-refractivity contribution in [3.8, 4) is 0 Å². The van der Waals surface area contributed by atoms with Crippen molar-refractivity contribution in [3.63, 3.8) is 0 Å². The van der Waals surface area contributed by atoms with E-state index in [1.165, 1.54) is 0 Å². The minimum atomic E-state index is -1.79. The first-order valence-electron chi connectivity index (χ1n) is 8.02. The van der Waals surface area contributed by atoms with Crippen molar-refractivity contribution < 1.29 is 54.7 Å². The summed E-state index contributed by atoms with van der Waals surface area (Å²) in [4.78, 5) is 0. The molecule has 2 fully saturated rings. The second-order valence-corrected chi connectivity index (χ2v) is 6.03. The molecule has 0 spiro atoms. The molecular formula is C14H26O11. The molecule has 0 amide bonds. The van der Waals surface area contributed by atoms with E-state index in [0.29, 0.717) is 0 Å². The molecule has 0 aromatic heterocycles. The summed E-state index contributed by atoms with van der Waals surface area (Å²) in [5.41, 5.74) is 0. The Bertz CT molecular complexity index is 422. The number of aliphatic hydroxyl groups is 7. The lowest BCUT2D eigenvalue weighted by atomic mass is 9.99. The van der Waals surface area contributed by atoms with Crippen LogP contribution in [0.25, 0.3) is 0 Å². The first kappa shape index (κ1) is 20.9. The zero-order chi connectivity index (χ0) is 18.8. The second-order valence-electron chi connectivity index (χ2n) is 6.03. The molecule has 2 saturated heterocycles. The molecule has 0 aliphatic carbocycles. The Hall–Kier alpha value is -0.440. The molecule has 0 aromatic rings. The molecule has 2 aliphatic heterocycles. The van der Waals surface area contributed by atoms with E-state index < -0.39 is 68.0 Å². The highest BCUT2D eigenvalue weighted by molar-refractivity contribution is 4.97. The van der Waals surface area contributed by atoms with Gasteiger partial charge in [0, 0.05) is 6.61 Å². The summed E-state index contributed by atoms with van der Waals surface area (Å²) in [5, 5.41) is 68.0. The van der Waals surface area contributed by atoms with Crippen LogP contribution in [0.15, 0.2) is 0 Å². The van der Waals surface area contributed by atoms with Gasteiger partial charge in [-0.3, -0.25) is 0 Å². The molecule has 0 radical (unpaired) electrons. The van der Waals surface area contributed by atoms with E-state index in [1.807, 2.05) is 0 Å². The van der Waals surface area contributed by atoms with E-state index in [4.69, 9.17) is 24.1 Å². The summed E-state index contributed by atoms with van der Waals surface area (Å²) in [6.07, 6.45) is -11.3. The Morgan fingerprint density at radius 2 is 1.60 bits per heavy atom. The van der Waals surface area contributed by atoms with Crippen molar-refractivity contribution in [1.29, 1.82) is 0 Å². The maximum atomic E-state index is 10.1. The van der Waals surface area contributed by atoms with Gasteiger partial charge in [-0.2, -0.15) is 0 Å². The first-order valence-corrected chi connectivity index (χ1v) is 8.02. The Kier molecular flexibility index (Phi) is 7.09. The fourth-order valence-corrected chi connectivity index (χ4v) is 2.93. The van der Waals surface area contributed by atoms with Crippen molar-refractivity contribution in [2.45, 2.75) is 61.7 Å². The van der Waals surface area contributed by atoms with Crippen LogP contribution in [0, 0.1) is 0 Å².